The van der Waals surface area contributed by atoms with Gasteiger partial charge in [0.25, 0.3) is 0 Å². The van der Waals surface area contributed by atoms with Crippen LogP contribution < -0.4 is 14.8 Å². The number of hydrogen-bond donors (Lipinski definition) is 1. The van der Waals surface area contributed by atoms with Crippen molar-refractivity contribution in [2.45, 2.75) is 91.0 Å². The molecular formula is C36H48N2O4S. The van der Waals surface area contributed by atoms with E-state index < -0.39 is 0 Å². The molecule has 0 radical (unpaired) electrons. The van der Waals surface area contributed by atoms with Crippen LogP contribution in [0.5, 0.6) is 11.5 Å². The van der Waals surface area contributed by atoms with Gasteiger partial charge in [-0.2, -0.15) is 0 Å². The van der Waals surface area contributed by atoms with Gasteiger partial charge in [-0.25, -0.2) is 4.98 Å². The summed E-state index contributed by atoms with van der Waals surface area (Å²) >= 11 is 1.82. The molecule has 6 aliphatic rings. The highest BCUT2D eigenvalue weighted by Gasteiger charge is 2.68. The number of hydrogen-bond acceptors (Lipinski definition) is 7. The van der Waals surface area contributed by atoms with Crippen LogP contribution >= 0.6 is 11.3 Å². The Bertz CT molecular complexity index is 1440. The second-order valence-corrected chi connectivity index (χ2v) is 16.2. The number of nitrogens with zero attached hydrogens (tertiary/aromatic N) is 1. The van der Waals surface area contributed by atoms with E-state index in [1.54, 1.807) is 19.8 Å². The summed E-state index contributed by atoms with van der Waals surface area (Å²) in [4.78, 5) is 6.50. The van der Waals surface area contributed by atoms with Gasteiger partial charge in [0.2, 0.25) is 0 Å². The van der Waals surface area contributed by atoms with Crippen LogP contribution in [0.2, 0.25) is 0 Å². The average Bonchev–Trinajstić information content (AvgIpc) is 3.63. The summed E-state index contributed by atoms with van der Waals surface area (Å²) in [7, 11) is 3.38. The van der Waals surface area contributed by atoms with Gasteiger partial charge in [-0.1, -0.05) is 45.1 Å². The third-order valence-corrected chi connectivity index (χ3v) is 14.3. The average molecular weight is 605 g/mol. The molecule has 2 aliphatic heterocycles. The lowest BCUT2D eigenvalue weighted by Gasteiger charge is -2.57. The van der Waals surface area contributed by atoms with E-state index in [2.05, 4.69) is 39.1 Å². The summed E-state index contributed by atoms with van der Waals surface area (Å²) in [5.74, 6) is 5.17. The highest BCUT2D eigenvalue weighted by atomic mass is 32.1. The van der Waals surface area contributed by atoms with Crippen molar-refractivity contribution in [1.82, 2.24) is 4.98 Å². The number of allylic oxidation sites excluding steroid dienone is 2. The third-order valence-electron chi connectivity index (χ3n) is 13.2. The molecule has 1 spiro atoms. The van der Waals surface area contributed by atoms with E-state index >= 15 is 0 Å². The smallest absolute Gasteiger partial charge is 0.188 e. The molecule has 2 aromatic rings. The summed E-state index contributed by atoms with van der Waals surface area (Å²) < 4.78 is 24.6. The lowest BCUT2D eigenvalue weighted by atomic mass is 9.47. The van der Waals surface area contributed by atoms with Crippen LogP contribution in [0.3, 0.4) is 0 Å². The predicted molar refractivity (Wildman–Crippen MR) is 171 cm³/mol. The van der Waals surface area contributed by atoms with Crippen molar-refractivity contribution in [2.75, 3.05) is 26.1 Å². The minimum Gasteiger partial charge on any atom is -0.497 e. The van der Waals surface area contributed by atoms with Gasteiger partial charge in [-0.05, 0) is 103 Å². The van der Waals surface area contributed by atoms with Crippen LogP contribution in [0, 0.1) is 46.3 Å². The lowest BCUT2D eigenvalue weighted by Crippen LogP contribution is -2.51. The van der Waals surface area contributed by atoms with Crippen molar-refractivity contribution in [3.63, 3.8) is 0 Å². The van der Waals surface area contributed by atoms with Crippen molar-refractivity contribution >= 4 is 27.7 Å². The van der Waals surface area contributed by atoms with Gasteiger partial charge in [0.05, 0.1) is 43.2 Å². The molecule has 2 saturated carbocycles. The first-order valence-corrected chi connectivity index (χ1v) is 17.5. The number of aromatic nitrogens is 1. The zero-order valence-corrected chi connectivity index (χ0v) is 27.5. The molecule has 10 atom stereocenters. The number of methoxy groups -OCH3 is 2. The number of rotatable bonds is 4. The predicted octanol–water partition coefficient (Wildman–Crippen LogP) is 8.49. The summed E-state index contributed by atoms with van der Waals surface area (Å²) in [6, 6.07) is 5.89. The molecule has 232 valence electrons. The fourth-order valence-electron chi connectivity index (χ4n) is 11.0. The van der Waals surface area contributed by atoms with E-state index in [1.165, 1.54) is 49.1 Å². The summed E-state index contributed by atoms with van der Waals surface area (Å²) in [6.07, 6.45) is 12.6. The Balaban J connectivity index is 1.05. The van der Waals surface area contributed by atoms with E-state index in [1.807, 2.05) is 29.5 Å². The van der Waals surface area contributed by atoms with Gasteiger partial charge < -0.3 is 24.3 Å². The number of thiazole rings is 1. The van der Waals surface area contributed by atoms with Crippen molar-refractivity contribution in [3.8, 4) is 11.5 Å². The second kappa shape index (κ2) is 9.95. The maximum absolute atomic E-state index is 7.00. The molecule has 4 aliphatic carbocycles. The van der Waals surface area contributed by atoms with Crippen LogP contribution in [0.15, 0.2) is 24.3 Å². The van der Waals surface area contributed by atoms with Crippen LogP contribution in [0.25, 0.3) is 5.57 Å². The molecule has 0 amide bonds. The van der Waals surface area contributed by atoms with Crippen LogP contribution in [-0.2, 0) is 15.9 Å². The number of fused-ring (bicyclic) bond motifs is 9. The molecule has 0 bridgehead atoms. The number of anilines is 2. The summed E-state index contributed by atoms with van der Waals surface area (Å²) in [5.41, 5.74) is 4.30. The molecule has 1 N–H and O–H groups in total. The maximum atomic E-state index is 7.00. The number of nitrogens with one attached hydrogen (secondary N) is 1. The molecule has 7 heteroatoms. The van der Waals surface area contributed by atoms with Gasteiger partial charge in [-0.15, -0.1) is 0 Å². The molecule has 8 rings (SSSR count). The van der Waals surface area contributed by atoms with Gasteiger partial charge in [0.15, 0.2) is 10.9 Å². The van der Waals surface area contributed by atoms with Crippen LogP contribution in [-0.4, -0.2) is 37.7 Å². The van der Waals surface area contributed by atoms with Crippen LogP contribution in [0.4, 0.5) is 10.8 Å². The Morgan fingerprint density at radius 2 is 1.91 bits per heavy atom. The Kier molecular flexibility index (Phi) is 6.57. The van der Waals surface area contributed by atoms with Crippen LogP contribution in [0.1, 0.15) is 83.2 Å². The molecule has 2 saturated heterocycles. The number of benzene rings is 1. The zero-order chi connectivity index (χ0) is 29.7. The Hall–Kier alpha value is -2.09. The highest BCUT2D eigenvalue weighted by Crippen LogP contribution is 2.71. The molecule has 1 aromatic carbocycles. The van der Waals surface area contributed by atoms with E-state index in [4.69, 9.17) is 23.9 Å². The van der Waals surface area contributed by atoms with Crippen molar-refractivity contribution in [2.24, 2.45) is 46.3 Å². The third kappa shape index (κ3) is 4.06. The Labute approximate surface area is 260 Å². The summed E-state index contributed by atoms with van der Waals surface area (Å²) in [5, 5.41) is 4.51. The zero-order valence-electron chi connectivity index (χ0n) is 26.7. The fraction of sp³-hybridized carbons (Fsp3) is 0.694. The Morgan fingerprint density at radius 3 is 2.67 bits per heavy atom. The SMILES string of the molecule is COc1ccc(Nc2nc3c(s2)C2=CC[C@H]4[C@@H]5C[C@@H]6O[C@]7(CC[C@@H](C)CO7)[C@@H](C)[C@@H]6[C@@]5(C)CC[C@@H]4[C@@]2(C)CC3)c(OC)c1. The van der Waals surface area contributed by atoms with Gasteiger partial charge in [-0.3, -0.25) is 0 Å². The molecule has 43 heavy (non-hydrogen) atoms. The van der Waals surface area contributed by atoms with Crippen molar-refractivity contribution in [3.05, 3.63) is 34.8 Å². The Morgan fingerprint density at radius 1 is 1.05 bits per heavy atom. The van der Waals surface area contributed by atoms with Gasteiger partial charge in [0.1, 0.15) is 11.5 Å². The quantitative estimate of drug-likeness (QED) is 0.378. The lowest BCUT2D eigenvalue weighted by molar-refractivity contribution is -0.272. The largest absolute Gasteiger partial charge is 0.497 e. The van der Waals surface area contributed by atoms with E-state index in [0.717, 1.165) is 59.5 Å². The van der Waals surface area contributed by atoms with Gasteiger partial charge in [0, 0.05) is 18.4 Å². The second-order valence-electron chi connectivity index (χ2n) is 15.2. The number of aryl methyl sites for hydroxylation is 1. The summed E-state index contributed by atoms with van der Waals surface area (Å²) in [6.45, 7) is 10.8. The first kappa shape index (κ1) is 28.4. The van der Waals surface area contributed by atoms with E-state index in [9.17, 15) is 0 Å². The number of ether oxygens (including phenoxy) is 4. The molecule has 1 aromatic heterocycles. The molecule has 0 unspecified atom stereocenters. The molecule has 4 fully saturated rings. The molecule has 3 heterocycles. The molecule has 6 nitrogen and oxygen atoms in total. The topological polar surface area (TPSA) is 61.8 Å². The standard InChI is InChI=1S/C36H48N2O4S/c1-20-11-16-36(41-19-20)21(2)31-30(42-36)18-26-23-8-9-25-32-28(13-15-34(25,3)24(23)12-14-35(26,31)4)38-33(43-32)37-27-10-7-22(39-5)17-29(27)40-6/h7,9-10,17,20-21,23-24,26,30-31H,8,11-16,18-19H2,1-6H3,(H,37,38)/t20-,21+,23-,24+,26+,30+,31+,34-,35+,36-/m1/s1. The highest BCUT2D eigenvalue weighted by molar-refractivity contribution is 7.16. The first-order chi connectivity index (χ1) is 20.7. The van der Waals surface area contributed by atoms with Crippen molar-refractivity contribution in [1.29, 1.82) is 0 Å². The minimum absolute atomic E-state index is 0.215. The van der Waals surface area contributed by atoms with Crippen molar-refractivity contribution < 1.29 is 18.9 Å². The monoisotopic (exact) mass is 604 g/mol. The normalized spacial score (nSPS) is 42.7. The maximum Gasteiger partial charge on any atom is 0.188 e. The van der Waals surface area contributed by atoms with E-state index in [0.29, 0.717) is 29.3 Å². The van der Waals surface area contributed by atoms with E-state index in [-0.39, 0.29) is 11.2 Å². The fourth-order valence-corrected chi connectivity index (χ4v) is 12.2. The van der Waals surface area contributed by atoms with Gasteiger partial charge >= 0.3 is 0 Å². The minimum atomic E-state index is -0.328. The molecular weight excluding hydrogens is 556 g/mol. The first-order valence-electron chi connectivity index (χ1n) is 16.7.